The van der Waals surface area contributed by atoms with Crippen LogP contribution in [0.3, 0.4) is 0 Å². The number of non-ortho nitro benzene ring substituents is 1. The van der Waals surface area contributed by atoms with Crippen LogP contribution in [0.25, 0.3) is 16.5 Å². The Morgan fingerprint density at radius 3 is 2.39 bits per heavy atom. The number of carbonyl (C=O) groups is 2. The lowest BCUT2D eigenvalue weighted by Crippen LogP contribution is -2.30. The highest BCUT2D eigenvalue weighted by molar-refractivity contribution is 6.46. The van der Waals surface area contributed by atoms with Crippen LogP contribution in [-0.2, 0) is 9.59 Å². The minimum Gasteiger partial charge on any atom is -0.507 e. The summed E-state index contributed by atoms with van der Waals surface area (Å²) in [4.78, 5) is 37.7. The zero-order valence-corrected chi connectivity index (χ0v) is 16.8. The molecule has 1 unspecified atom stereocenters. The number of nitrogens with zero attached hydrogens (tertiary/aromatic N) is 2. The molecule has 3 aromatic rings. The summed E-state index contributed by atoms with van der Waals surface area (Å²) in [6.45, 7) is 2.27. The van der Waals surface area contributed by atoms with Gasteiger partial charge in [0.25, 0.3) is 17.4 Å². The topological polar surface area (TPSA) is 101 Å². The Labute approximate surface area is 178 Å². The fraction of sp³-hybridized carbons (Fsp3) is 0.167. The Balaban J connectivity index is 1.94. The predicted octanol–water partition coefficient (Wildman–Crippen LogP) is 4.58. The summed E-state index contributed by atoms with van der Waals surface area (Å²) >= 11 is 0. The standard InChI is InChI=1S/C24H20N2O5/c1-2-14-25-21(19-9-5-7-15-6-3-4-8-18(15)19)20(23(28)24(25)29)22(27)16-10-12-17(13-11-16)26(30)31/h3-13,21,27H,2,14H2,1H3/b22-20-. The van der Waals surface area contributed by atoms with E-state index in [0.717, 1.165) is 16.3 Å². The summed E-state index contributed by atoms with van der Waals surface area (Å²) < 4.78 is 0. The third-order valence-corrected chi connectivity index (χ3v) is 5.47. The zero-order valence-electron chi connectivity index (χ0n) is 16.8. The van der Waals surface area contributed by atoms with E-state index in [0.29, 0.717) is 13.0 Å². The molecule has 1 fully saturated rings. The number of carbonyl (C=O) groups excluding carboxylic acids is 2. The third kappa shape index (κ3) is 3.44. The van der Waals surface area contributed by atoms with Crippen molar-refractivity contribution >= 4 is 33.9 Å². The van der Waals surface area contributed by atoms with E-state index in [9.17, 15) is 24.8 Å². The van der Waals surface area contributed by atoms with Crippen LogP contribution >= 0.6 is 0 Å². The van der Waals surface area contributed by atoms with Crippen molar-refractivity contribution in [3.05, 3.63) is 93.5 Å². The number of Topliss-reactive ketones (excluding diaryl/α,β-unsaturated/α-hetero) is 1. The number of aliphatic hydroxyl groups excluding tert-OH is 1. The summed E-state index contributed by atoms with van der Waals surface area (Å²) in [7, 11) is 0. The van der Waals surface area contributed by atoms with Crippen LogP contribution < -0.4 is 0 Å². The fourth-order valence-corrected chi connectivity index (χ4v) is 4.06. The minimum atomic E-state index is -0.762. The first-order valence-electron chi connectivity index (χ1n) is 9.95. The van der Waals surface area contributed by atoms with Crippen LogP contribution in [0.15, 0.2) is 72.3 Å². The van der Waals surface area contributed by atoms with Crippen molar-refractivity contribution < 1.29 is 19.6 Å². The van der Waals surface area contributed by atoms with Gasteiger partial charge in [0, 0.05) is 24.2 Å². The second-order valence-electron chi connectivity index (χ2n) is 7.36. The summed E-state index contributed by atoms with van der Waals surface area (Å²) in [6.07, 6.45) is 0.645. The van der Waals surface area contributed by atoms with E-state index in [4.69, 9.17) is 0 Å². The molecule has 7 heteroatoms. The van der Waals surface area contributed by atoms with Gasteiger partial charge in [-0.1, -0.05) is 49.4 Å². The van der Waals surface area contributed by atoms with Gasteiger partial charge in [0.1, 0.15) is 5.76 Å². The Kier molecular flexibility index (Phi) is 5.25. The molecule has 4 rings (SSSR count). The maximum Gasteiger partial charge on any atom is 0.295 e. The number of hydrogen-bond acceptors (Lipinski definition) is 5. The normalized spacial score (nSPS) is 18.0. The number of benzene rings is 3. The monoisotopic (exact) mass is 416 g/mol. The van der Waals surface area contributed by atoms with Crippen LogP contribution in [0.5, 0.6) is 0 Å². The molecule has 0 aliphatic carbocycles. The van der Waals surface area contributed by atoms with E-state index in [-0.39, 0.29) is 22.6 Å². The molecule has 0 aromatic heterocycles. The van der Waals surface area contributed by atoms with Gasteiger partial charge in [0.2, 0.25) is 0 Å². The number of amides is 1. The van der Waals surface area contributed by atoms with Crippen LogP contribution in [0.1, 0.15) is 30.5 Å². The molecule has 31 heavy (non-hydrogen) atoms. The molecule has 0 radical (unpaired) electrons. The molecule has 1 aliphatic heterocycles. The van der Waals surface area contributed by atoms with Crippen molar-refractivity contribution in [1.29, 1.82) is 0 Å². The van der Waals surface area contributed by atoms with E-state index in [2.05, 4.69) is 0 Å². The number of aliphatic hydroxyl groups is 1. The molecule has 1 atom stereocenters. The summed E-state index contributed by atoms with van der Waals surface area (Å²) in [5.41, 5.74) is 0.844. The van der Waals surface area contributed by atoms with E-state index in [1.807, 2.05) is 49.4 Å². The highest BCUT2D eigenvalue weighted by Gasteiger charge is 2.46. The van der Waals surface area contributed by atoms with Crippen molar-refractivity contribution in [3.63, 3.8) is 0 Å². The number of hydrogen-bond donors (Lipinski definition) is 1. The molecule has 3 aromatic carbocycles. The molecular formula is C24H20N2O5. The average molecular weight is 416 g/mol. The molecule has 1 heterocycles. The minimum absolute atomic E-state index is 0.0105. The molecule has 0 bridgehead atoms. The average Bonchev–Trinajstić information content (AvgIpc) is 3.03. The van der Waals surface area contributed by atoms with Gasteiger partial charge in [-0.3, -0.25) is 19.7 Å². The first kappa shape index (κ1) is 20.3. The van der Waals surface area contributed by atoms with Crippen molar-refractivity contribution in [2.75, 3.05) is 6.54 Å². The molecule has 7 nitrogen and oxygen atoms in total. The van der Waals surface area contributed by atoms with Gasteiger partial charge in [-0.15, -0.1) is 0 Å². The Morgan fingerprint density at radius 1 is 1.03 bits per heavy atom. The first-order chi connectivity index (χ1) is 14.9. The summed E-state index contributed by atoms with van der Waals surface area (Å²) in [5.74, 6) is -1.77. The van der Waals surface area contributed by atoms with Crippen LogP contribution in [0.4, 0.5) is 5.69 Å². The quantitative estimate of drug-likeness (QED) is 0.216. The highest BCUT2D eigenvalue weighted by atomic mass is 16.6. The largest absolute Gasteiger partial charge is 0.507 e. The third-order valence-electron chi connectivity index (χ3n) is 5.47. The number of nitro groups is 1. The Bertz CT molecular complexity index is 1220. The van der Waals surface area contributed by atoms with E-state index in [1.165, 1.54) is 29.2 Å². The number of nitro benzene ring substituents is 1. The first-order valence-corrected chi connectivity index (χ1v) is 9.95. The van der Waals surface area contributed by atoms with Gasteiger partial charge in [0.15, 0.2) is 0 Å². The van der Waals surface area contributed by atoms with Gasteiger partial charge in [-0.2, -0.15) is 0 Å². The van der Waals surface area contributed by atoms with E-state index in [1.54, 1.807) is 0 Å². The van der Waals surface area contributed by atoms with Crippen LogP contribution in [-0.4, -0.2) is 33.2 Å². The van der Waals surface area contributed by atoms with Gasteiger partial charge in [0.05, 0.1) is 16.5 Å². The second-order valence-corrected chi connectivity index (χ2v) is 7.36. The van der Waals surface area contributed by atoms with Gasteiger partial charge in [-0.05, 0) is 34.9 Å². The fourth-order valence-electron chi connectivity index (χ4n) is 4.06. The molecular weight excluding hydrogens is 396 g/mol. The summed E-state index contributed by atoms with van der Waals surface area (Å²) in [6, 6.07) is 17.8. The smallest absolute Gasteiger partial charge is 0.295 e. The molecule has 1 N–H and O–H groups in total. The second kappa shape index (κ2) is 8.02. The highest BCUT2D eigenvalue weighted by Crippen LogP contribution is 2.41. The van der Waals surface area contributed by atoms with Crippen molar-refractivity contribution in [3.8, 4) is 0 Å². The van der Waals surface area contributed by atoms with Crippen molar-refractivity contribution in [2.24, 2.45) is 0 Å². The molecule has 1 amide bonds. The maximum atomic E-state index is 13.0. The molecule has 0 saturated carbocycles. The summed E-state index contributed by atoms with van der Waals surface area (Å²) in [5, 5.41) is 23.8. The number of ketones is 1. The Hall–Kier alpha value is -4.00. The molecule has 0 spiro atoms. The molecule has 1 aliphatic rings. The Morgan fingerprint density at radius 2 is 1.71 bits per heavy atom. The van der Waals surface area contributed by atoms with Gasteiger partial charge >= 0.3 is 0 Å². The van der Waals surface area contributed by atoms with Gasteiger partial charge in [-0.25, -0.2) is 0 Å². The molecule has 156 valence electrons. The zero-order chi connectivity index (χ0) is 22.1. The predicted molar refractivity (Wildman–Crippen MR) is 116 cm³/mol. The number of fused-ring (bicyclic) bond motifs is 1. The maximum absolute atomic E-state index is 13.0. The van der Waals surface area contributed by atoms with Crippen LogP contribution in [0.2, 0.25) is 0 Å². The van der Waals surface area contributed by atoms with Crippen molar-refractivity contribution in [2.45, 2.75) is 19.4 Å². The SMILES string of the molecule is CCCN1C(=O)C(=O)/C(=C(\O)c2ccc([N+](=O)[O-])cc2)C1c1cccc2ccccc12. The lowest BCUT2D eigenvalue weighted by atomic mass is 9.91. The molecule has 1 saturated heterocycles. The number of likely N-dealkylation sites (tertiary alicyclic amines) is 1. The van der Waals surface area contributed by atoms with Crippen molar-refractivity contribution in [1.82, 2.24) is 4.90 Å². The lowest BCUT2D eigenvalue weighted by molar-refractivity contribution is -0.384. The van der Waals surface area contributed by atoms with E-state index < -0.39 is 22.7 Å². The van der Waals surface area contributed by atoms with Crippen LogP contribution in [0, 0.1) is 10.1 Å². The number of rotatable bonds is 5. The lowest BCUT2D eigenvalue weighted by Gasteiger charge is -2.26. The van der Waals surface area contributed by atoms with E-state index >= 15 is 0 Å². The van der Waals surface area contributed by atoms with Gasteiger partial charge < -0.3 is 10.0 Å².